The van der Waals surface area contributed by atoms with E-state index in [0.29, 0.717) is 13.2 Å². The summed E-state index contributed by atoms with van der Waals surface area (Å²) < 4.78 is 5.51. The summed E-state index contributed by atoms with van der Waals surface area (Å²) in [7, 11) is 0. The SMILES string of the molecule is CCCCN(Cc1cccnc1)C(=O)C1CCCO1. The maximum absolute atomic E-state index is 12.4. The molecule has 1 saturated heterocycles. The highest BCUT2D eigenvalue weighted by Gasteiger charge is 2.27. The van der Waals surface area contributed by atoms with Crippen molar-refractivity contribution in [2.24, 2.45) is 0 Å². The van der Waals surface area contributed by atoms with Crippen LogP contribution in [0, 0.1) is 0 Å². The number of nitrogens with zero attached hydrogens (tertiary/aromatic N) is 2. The minimum Gasteiger partial charge on any atom is -0.368 e. The van der Waals surface area contributed by atoms with Gasteiger partial charge in [0.2, 0.25) is 0 Å². The minimum atomic E-state index is -0.228. The highest BCUT2D eigenvalue weighted by Crippen LogP contribution is 2.16. The number of ether oxygens (including phenoxy) is 1. The fraction of sp³-hybridized carbons (Fsp3) is 0.600. The third-order valence-electron chi connectivity index (χ3n) is 3.39. The standard InChI is InChI=1S/C15H22N2O2/c1-2-3-9-17(12-13-6-4-8-16-11-13)15(18)14-7-5-10-19-14/h4,6,8,11,14H,2-3,5,7,9-10,12H2,1H3. The zero-order valence-electron chi connectivity index (χ0n) is 11.5. The molecular weight excluding hydrogens is 240 g/mol. The number of carbonyl (C=O) groups excluding carboxylic acids is 1. The van der Waals surface area contributed by atoms with E-state index in [1.807, 2.05) is 23.2 Å². The normalized spacial score (nSPS) is 18.5. The molecule has 1 amide bonds. The number of amides is 1. The molecule has 2 heterocycles. The first-order chi connectivity index (χ1) is 9.31. The second-order valence-corrected chi connectivity index (χ2v) is 4.98. The lowest BCUT2D eigenvalue weighted by atomic mass is 10.2. The summed E-state index contributed by atoms with van der Waals surface area (Å²) in [5.41, 5.74) is 1.07. The quantitative estimate of drug-likeness (QED) is 0.790. The summed E-state index contributed by atoms with van der Waals surface area (Å²) >= 11 is 0. The zero-order valence-corrected chi connectivity index (χ0v) is 11.5. The van der Waals surface area contributed by atoms with Gasteiger partial charge in [-0.2, -0.15) is 0 Å². The molecule has 1 aromatic heterocycles. The van der Waals surface area contributed by atoms with Crippen molar-refractivity contribution in [1.82, 2.24) is 9.88 Å². The molecule has 0 radical (unpaired) electrons. The lowest BCUT2D eigenvalue weighted by molar-refractivity contribution is -0.141. The van der Waals surface area contributed by atoms with Gasteiger partial charge < -0.3 is 9.64 Å². The summed E-state index contributed by atoms with van der Waals surface area (Å²) in [5.74, 6) is 0.134. The van der Waals surface area contributed by atoms with Gasteiger partial charge in [0, 0.05) is 32.1 Å². The van der Waals surface area contributed by atoms with E-state index in [2.05, 4.69) is 11.9 Å². The zero-order chi connectivity index (χ0) is 13.5. The first-order valence-corrected chi connectivity index (χ1v) is 7.10. The predicted molar refractivity (Wildman–Crippen MR) is 73.5 cm³/mol. The van der Waals surface area contributed by atoms with Crippen molar-refractivity contribution in [2.45, 2.75) is 45.3 Å². The van der Waals surface area contributed by atoms with Crippen molar-refractivity contribution in [3.63, 3.8) is 0 Å². The van der Waals surface area contributed by atoms with E-state index in [9.17, 15) is 4.79 Å². The average Bonchev–Trinajstić information content (AvgIpc) is 2.98. The van der Waals surface area contributed by atoms with E-state index in [1.165, 1.54) is 0 Å². The molecule has 0 bridgehead atoms. The van der Waals surface area contributed by atoms with E-state index in [4.69, 9.17) is 4.74 Å². The number of hydrogen-bond acceptors (Lipinski definition) is 3. The summed E-state index contributed by atoms with van der Waals surface area (Å²) in [6, 6.07) is 3.92. The maximum Gasteiger partial charge on any atom is 0.251 e. The summed E-state index contributed by atoms with van der Waals surface area (Å²) in [4.78, 5) is 18.5. The fourth-order valence-corrected chi connectivity index (χ4v) is 2.30. The first-order valence-electron chi connectivity index (χ1n) is 7.10. The number of carbonyl (C=O) groups is 1. The molecule has 1 atom stereocenters. The van der Waals surface area contributed by atoms with E-state index in [0.717, 1.165) is 37.8 Å². The summed E-state index contributed by atoms with van der Waals surface area (Å²) in [5, 5.41) is 0. The van der Waals surface area contributed by atoms with Crippen LogP contribution in [0.25, 0.3) is 0 Å². The van der Waals surface area contributed by atoms with Crippen LogP contribution in [0.2, 0.25) is 0 Å². The Balaban J connectivity index is 2.00. The van der Waals surface area contributed by atoms with Crippen LogP contribution >= 0.6 is 0 Å². The highest BCUT2D eigenvalue weighted by atomic mass is 16.5. The molecule has 1 aliphatic rings. The van der Waals surface area contributed by atoms with Gasteiger partial charge in [-0.15, -0.1) is 0 Å². The van der Waals surface area contributed by atoms with Crippen molar-refractivity contribution < 1.29 is 9.53 Å². The van der Waals surface area contributed by atoms with E-state index in [-0.39, 0.29) is 12.0 Å². The van der Waals surface area contributed by atoms with Crippen LogP contribution in [0.3, 0.4) is 0 Å². The predicted octanol–water partition coefficient (Wildman–Crippen LogP) is 2.39. The van der Waals surface area contributed by atoms with Gasteiger partial charge in [-0.1, -0.05) is 19.4 Å². The van der Waals surface area contributed by atoms with Gasteiger partial charge >= 0.3 is 0 Å². The molecule has 2 rings (SSSR count). The smallest absolute Gasteiger partial charge is 0.251 e. The average molecular weight is 262 g/mol. The molecular formula is C15H22N2O2. The van der Waals surface area contributed by atoms with Crippen molar-refractivity contribution in [3.05, 3.63) is 30.1 Å². The number of rotatable bonds is 6. The van der Waals surface area contributed by atoms with Crippen LogP contribution in [-0.2, 0) is 16.1 Å². The Hall–Kier alpha value is -1.42. The minimum absolute atomic E-state index is 0.134. The third kappa shape index (κ3) is 4.03. The van der Waals surface area contributed by atoms with E-state index < -0.39 is 0 Å². The Morgan fingerprint density at radius 2 is 2.47 bits per heavy atom. The topological polar surface area (TPSA) is 42.4 Å². The van der Waals surface area contributed by atoms with Gasteiger partial charge in [-0.05, 0) is 30.9 Å². The van der Waals surface area contributed by atoms with Crippen LogP contribution in [0.4, 0.5) is 0 Å². The van der Waals surface area contributed by atoms with Gasteiger partial charge in [0.25, 0.3) is 5.91 Å². The molecule has 104 valence electrons. The number of unbranched alkanes of at least 4 members (excludes halogenated alkanes) is 1. The Kier molecular flexibility index (Phi) is 5.33. The first kappa shape index (κ1) is 14.0. The molecule has 1 aliphatic heterocycles. The Morgan fingerprint density at radius 1 is 1.58 bits per heavy atom. The van der Waals surface area contributed by atoms with Crippen LogP contribution in [0.1, 0.15) is 38.2 Å². The molecule has 4 heteroatoms. The highest BCUT2D eigenvalue weighted by molar-refractivity contribution is 5.81. The van der Waals surface area contributed by atoms with Crippen molar-refractivity contribution in [3.8, 4) is 0 Å². The Morgan fingerprint density at radius 3 is 3.11 bits per heavy atom. The lowest BCUT2D eigenvalue weighted by Crippen LogP contribution is -2.39. The molecule has 1 aromatic rings. The van der Waals surface area contributed by atoms with E-state index in [1.54, 1.807) is 6.20 Å². The van der Waals surface area contributed by atoms with Crippen LogP contribution in [0.5, 0.6) is 0 Å². The molecule has 0 N–H and O–H groups in total. The van der Waals surface area contributed by atoms with Crippen LogP contribution in [-0.4, -0.2) is 35.0 Å². The van der Waals surface area contributed by atoms with Crippen molar-refractivity contribution in [2.75, 3.05) is 13.2 Å². The van der Waals surface area contributed by atoms with Gasteiger partial charge in [-0.25, -0.2) is 0 Å². The summed E-state index contributed by atoms with van der Waals surface area (Å²) in [6.07, 6.45) is 7.30. The summed E-state index contributed by atoms with van der Waals surface area (Å²) in [6.45, 7) is 4.28. The number of pyridine rings is 1. The van der Waals surface area contributed by atoms with Gasteiger partial charge in [0.15, 0.2) is 0 Å². The molecule has 0 saturated carbocycles. The van der Waals surface area contributed by atoms with E-state index >= 15 is 0 Å². The molecule has 19 heavy (non-hydrogen) atoms. The largest absolute Gasteiger partial charge is 0.368 e. The number of hydrogen-bond donors (Lipinski definition) is 0. The molecule has 0 aliphatic carbocycles. The molecule has 0 aromatic carbocycles. The maximum atomic E-state index is 12.4. The molecule has 1 fully saturated rings. The van der Waals surface area contributed by atoms with Crippen molar-refractivity contribution >= 4 is 5.91 Å². The molecule has 0 spiro atoms. The lowest BCUT2D eigenvalue weighted by Gasteiger charge is -2.25. The van der Waals surface area contributed by atoms with Gasteiger partial charge in [0.1, 0.15) is 6.10 Å². The van der Waals surface area contributed by atoms with Gasteiger partial charge in [0.05, 0.1) is 0 Å². The monoisotopic (exact) mass is 262 g/mol. The second-order valence-electron chi connectivity index (χ2n) is 4.98. The van der Waals surface area contributed by atoms with Crippen LogP contribution in [0.15, 0.2) is 24.5 Å². The van der Waals surface area contributed by atoms with Crippen LogP contribution < -0.4 is 0 Å². The molecule has 4 nitrogen and oxygen atoms in total. The van der Waals surface area contributed by atoms with Gasteiger partial charge in [-0.3, -0.25) is 9.78 Å². The Labute approximate surface area is 114 Å². The second kappa shape index (κ2) is 7.24. The Bertz CT molecular complexity index is 388. The molecule has 1 unspecified atom stereocenters. The number of aromatic nitrogens is 1. The fourth-order valence-electron chi connectivity index (χ4n) is 2.30. The van der Waals surface area contributed by atoms with Crippen molar-refractivity contribution in [1.29, 1.82) is 0 Å². The third-order valence-corrected chi connectivity index (χ3v) is 3.39.